The second kappa shape index (κ2) is 5.77. The molecule has 108 valence electrons. The van der Waals surface area contributed by atoms with Crippen LogP contribution in [0, 0.1) is 0 Å². The molecule has 1 saturated carbocycles. The van der Waals surface area contributed by atoms with Gasteiger partial charge in [-0.05, 0) is 55.3 Å². The van der Waals surface area contributed by atoms with Gasteiger partial charge in [0.2, 0.25) is 0 Å². The number of nitrogen functional groups attached to an aromatic ring is 1. The van der Waals surface area contributed by atoms with Crippen molar-refractivity contribution in [3.63, 3.8) is 0 Å². The van der Waals surface area contributed by atoms with E-state index in [-0.39, 0.29) is 5.91 Å². The van der Waals surface area contributed by atoms with Crippen molar-refractivity contribution in [1.82, 2.24) is 5.32 Å². The molecule has 0 saturated heterocycles. The van der Waals surface area contributed by atoms with Crippen LogP contribution >= 0.6 is 15.9 Å². The Hall–Kier alpha value is -2.01. The van der Waals surface area contributed by atoms with Crippen LogP contribution in [0.3, 0.4) is 0 Å². The van der Waals surface area contributed by atoms with E-state index in [1.54, 1.807) is 12.1 Å². The monoisotopic (exact) mass is 345 g/mol. The second-order valence-corrected chi connectivity index (χ2v) is 6.10. The highest BCUT2D eigenvalue weighted by atomic mass is 79.9. The predicted octanol–water partition coefficient (Wildman–Crippen LogP) is 3.67. The molecule has 1 fully saturated rings. The molecule has 5 heteroatoms. The Kier molecular flexibility index (Phi) is 3.84. The number of carbonyl (C=O) groups excluding carboxylic acids is 1. The van der Waals surface area contributed by atoms with E-state index in [0.29, 0.717) is 17.3 Å². The Labute approximate surface area is 131 Å². The lowest BCUT2D eigenvalue weighted by Gasteiger charge is -2.11. The fourth-order valence-electron chi connectivity index (χ4n) is 2.00. The Morgan fingerprint density at radius 3 is 2.48 bits per heavy atom. The Morgan fingerprint density at radius 1 is 1.14 bits per heavy atom. The smallest absolute Gasteiger partial charge is 0.251 e. The Bertz CT molecular complexity index is 666. The van der Waals surface area contributed by atoms with Crippen LogP contribution < -0.4 is 16.4 Å². The zero-order chi connectivity index (χ0) is 14.8. The number of amides is 1. The molecule has 0 atom stereocenters. The fraction of sp³-hybridized carbons (Fsp3) is 0.188. The molecule has 1 amide bonds. The van der Waals surface area contributed by atoms with E-state index < -0.39 is 0 Å². The largest absolute Gasteiger partial charge is 0.397 e. The minimum Gasteiger partial charge on any atom is -0.397 e. The van der Waals surface area contributed by atoms with Crippen LogP contribution in [0.4, 0.5) is 17.1 Å². The Balaban J connectivity index is 1.74. The van der Waals surface area contributed by atoms with Crippen LogP contribution in [0.2, 0.25) is 0 Å². The lowest BCUT2D eigenvalue weighted by Crippen LogP contribution is -2.25. The Morgan fingerprint density at radius 2 is 1.86 bits per heavy atom. The molecule has 0 radical (unpaired) electrons. The van der Waals surface area contributed by atoms with Crippen molar-refractivity contribution in [2.75, 3.05) is 11.1 Å². The number of hydrogen-bond acceptors (Lipinski definition) is 3. The van der Waals surface area contributed by atoms with Gasteiger partial charge < -0.3 is 16.4 Å². The maximum absolute atomic E-state index is 12.0. The first-order valence-corrected chi connectivity index (χ1v) is 7.64. The molecule has 2 aromatic carbocycles. The molecule has 0 spiro atoms. The number of halogens is 1. The van der Waals surface area contributed by atoms with Crippen molar-refractivity contribution in [3.05, 3.63) is 52.5 Å². The molecule has 4 nitrogen and oxygen atoms in total. The number of anilines is 3. The minimum absolute atomic E-state index is 0.0561. The van der Waals surface area contributed by atoms with Gasteiger partial charge >= 0.3 is 0 Å². The molecular formula is C16H16BrN3O. The maximum Gasteiger partial charge on any atom is 0.251 e. The van der Waals surface area contributed by atoms with Gasteiger partial charge in [-0.15, -0.1) is 0 Å². The normalized spacial score (nSPS) is 13.8. The van der Waals surface area contributed by atoms with Gasteiger partial charge in [0.25, 0.3) is 5.91 Å². The van der Waals surface area contributed by atoms with Crippen LogP contribution in [0.1, 0.15) is 23.2 Å². The van der Waals surface area contributed by atoms with Gasteiger partial charge in [0.15, 0.2) is 0 Å². The molecule has 0 unspecified atom stereocenters. The molecule has 1 aliphatic carbocycles. The topological polar surface area (TPSA) is 67.2 Å². The molecule has 21 heavy (non-hydrogen) atoms. The van der Waals surface area contributed by atoms with Gasteiger partial charge in [-0.2, -0.15) is 0 Å². The first-order valence-electron chi connectivity index (χ1n) is 6.85. The molecular weight excluding hydrogens is 330 g/mol. The lowest BCUT2D eigenvalue weighted by atomic mass is 10.1. The third-order valence-electron chi connectivity index (χ3n) is 3.35. The first-order chi connectivity index (χ1) is 10.1. The van der Waals surface area contributed by atoms with E-state index in [1.165, 1.54) is 0 Å². The summed E-state index contributed by atoms with van der Waals surface area (Å²) < 4.78 is 1.02. The van der Waals surface area contributed by atoms with Crippen LogP contribution in [0.25, 0.3) is 0 Å². The van der Waals surface area contributed by atoms with Crippen molar-refractivity contribution < 1.29 is 4.79 Å². The molecule has 0 aromatic heterocycles. The van der Waals surface area contributed by atoms with Gasteiger partial charge in [0.05, 0.1) is 11.4 Å². The summed E-state index contributed by atoms with van der Waals surface area (Å²) in [5.41, 5.74) is 8.92. The first kappa shape index (κ1) is 13.9. The summed E-state index contributed by atoms with van der Waals surface area (Å²) in [6.07, 6.45) is 2.15. The molecule has 4 N–H and O–H groups in total. The standard InChI is InChI=1S/C16H16BrN3O/c17-11-2-4-12(5-3-11)19-15-8-1-10(9-14(15)18)16(21)20-13-6-7-13/h1-5,8-9,13,19H,6-7,18H2,(H,20,21). The van der Waals surface area contributed by atoms with E-state index in [0.717, 1.165) is 28.7 Å². The fourth-order valence-corrected chi connectivity index (χ4v) is 2.27. The summed E-state index contributed by atoms with van der Waals surface area (Å²) in [5, 5.41) is 6.19. The molecule has 3 rings (SSSR count). The summed E-state index contributed by atoms with van der Waals surface area (Å²) >= 11 is 3.40. The minimum atomic E-state index is -0.0561. The SMILES string of the molecule is Nc1cc(C(=O)NC2CC2)ccc1Nc1ccc(Br)cc1. The predicted molar refractivity (Wildman–Crippen MR) is 88.8 cm³/mol. The average molecular weight is 346 g/mol. The number of carbonyl (C=O) groups is 1. The van der Waals surface area contributed by atoms with Crippen LogP contribution in [-0.2, 0) is 0 Å². The van der Waals surface area contributed by atoms with Gasteiger partial charge in [-0.25, -0.2) is 0 Å². The summed E-state index contributed by atoms with van der Waals surface area (Å²) in [7, 11) is 0. The van der Waals surface area contributed by atoms with Crippen molar-refractivity contribution in [3.8, 4) is 0 Å². The molecule has 1 aliphatic rings. The summed E-state index contributed by atoms with van der Waals surface area (Å²) in [5.74, 6) is -0.0561. The van der Waals surface area contributed by atoms with Crippen LogP contribution in [0.5, 0.6) is 0 Å². The van der Waals surface area contributed by atoms with Gasteiger partial charge in [-0.1, -0.05) is 15.9 Å². The van der Waals surface area contributed by atoms with Gasteiger partial charge in [0.1, 0.15) is 0 Å². The van der Waals surface area contributed by atoms with E-state index in [1.807, 2.05) is 30.3 Å². The lowest BCUT2D eigenvalue weighted by molar-refractivity contribution is 0.0951. The van der Waals surface area contributed by atoms with Crippen molar-refractivity contribution in [2.45, 2.75) is 18.9 Å². The van der Waals surface area contributed by atoms with Crippen molar-refractivity contribution in [1.29, 1.82) is 0 Å². The summed E-state index contributed by atoms with van der Waals surface area (Å²) in [6, 6.07) is 13.5. The average Bonchev–Trinajstić information content (AvgIpc) is 3.27. The quantitative estimate of drug-likeness (QED) is 0.740. The highest BCUT2D eigenvalue weighted by Crippen LogP contribution is 2.26. The number of hydrogen-bond donors (Lipinski definition) is 3. The third kappa shape index (κ3) is 3.55. The molecule has 2 aromatic rings. The van der Waals surface area contributed by atoms with E-state index in [9.17, 15) is 4.79 Å². The zero-order valence-corrected chi connectivity index (χ0v) is 13.0. The third-order valence-corrected chi connectivity index (χ3v) is 3.88. The van der Waals surface area contributed by atoms with E-state index in [2.05, 4.69) is 26.6 Å². The number of rotatable bonds is 4. The summed E-state index contributed by atoms with van der Waals surface area (Å²) in [4.78, 5) is 12.0. The number of benzene rings is 2. The molecule has 0 heterocycles. The number of nitrogens with one attached hydrogen (secondary N) is 2. The van der Waals surface area contributed by atoms with Gasteiger partial charge in [-0.3, -0.25) is 4.79 Å². The highest BCUT2D eigenvalue weighted by Gasteiger charge is 2.23. The molecule has 0 aliphatic heterocycles. The van der Waals surface area contributed by atoms with E-state index in [4.69, 9.17) is 5.73 Å². The van der Waals surface area contributed by atoms with Crippen molar-refractivity contribution in [2.24, 2.45) is 0 Å². The maximum atomic E-state index is 12.0. The van der Waals surface area contributed by atoms with E-state index >= 15 is 0 Å². The zero-order valence-electron chi connectivity index (χ0n) is 11.4. The van der Waals surface area contributed by atoms with Crippen molar-refractivity contribution >= 4 is 38.9 Å². The molecule has 0 bridgehead atoms. The van der Waals surface area contributed by atoms with Crippen LogP contribution in [0.15, 0.2) is 46.9 Å². The van der Waals surface area contributed by atoms with Crippen LogP contribution in [-0.4, -0.2) is 11.9 Å². The number of nitrogens with two attached hydrogens (primary N) is 1. The second-order valence-electron chi connectivity index (χ2n) is 5.18. The summed E-state index contributed by atoms with van der Waals surface area (Å²) in [6.45, 7) is 0. The van der Waals surface area contributed by atoms with Gasteiger partial charge in [0, 0.05) is 21.8 Å². The highest BCUT2D eigenvalue weighted by molar-refractivity contribution is 9.10.